The summed E-state index contributed by atoms with van der Waals surface area (Å²) in [6.07, 6.45) is 4.55. The van der Waals surface area contributed by atoms with Crippen molar-refractivity contribution in [3.63, 3.8) is 0 Å². The highest BCUT2D eigenvalue weighted by Crippen LogP contribution is 2.30. The van der Waals surface area contributed by atoms with Crippen molar-refractivity contribution in [2.75, 3.05) is 0 Å². The van der Waals surface area contributed by atoms with Gasteiger partial charge in [-0.3, -0.25) is 0 Å². The number of hydrogen-bond acceptors (Lipinski definition) is 0. The van der Waals surface area contributed by atoms with Gasteiger partial charge in [0.1, 0.15) is 0 Å². The maximum Gasteiger partial charge on any atom is 0.00231 e. The average molecular weight is 280 g/mol. The summed E-state index contributed by atoms with van der Waals surface area (Å²) in [4.78, 5) is 2.77. The van der Waals surface area contributed by atoms with Crippen LogP contribution in [0.15, 0.2) is 30.3 Å². The van der Waals surface area contributed by atoms with Crippen LogP contribution in [-0.4, -0.2) is 0 Å². The van der Waals surface area contributed by atoms with E-state index in [0.29, 0.717) is 0 Å². The van der Waals surface area contributed by atoms with Crippen LogP contribution in [0.3, 0.4) is 0 Å². The van der Waals surface area contributed by atoms with Crippen LogP contribution < -0.4 is 9.90 Å². The van der Waals surface area contributed by atoms with Crippen molar-refractivity contribution < 1.29 is 0 Å². The van der Waals surface area contributed by atoms with Gasteiger partial charge in [0.2, 0.25) is 0 Å². The van der Waals surface area contributed by atoms with Crippen LogP contribution in [0.25, 0.3) is 17.7 Å². The lowest BCUT2D eigenvalue weighted by Gasteiger charge is -2.09. The van der Waals surface area contributed by atoms with E-state index in [1.54, 1.807) is 0 Å². The molecular weight excluding hydrogens is 259 g/mol. The topological polar surface area (TPSA) is 0 Å². The summed E-state index contributed by atoms with van der Waals surface area (Å²) < 4.78 is 0. The van der Waals surface area contributed by atoms with Gasteiger partial charge in [-0.15, -0.1) is 8.19 Å². The highest BCUT2D eigenvalue weighted by Gasteiger charge is 2.15. The molecule has 0 saturated carbocycles. The predicted molar refractivity (Wildman–Crippen MR) is 92.1 cm³/mol. The molecule has 102 valence electrons. The predicted octanol–water partition coefficient (Wildman–Crippen LogP) is 3.87. The van der Waals surface area contributed by atoms with Gasteiger partial charge < -0.3 is 0 Å². The molecular formula is C19H21P. The highest BCUT2D eigenvalue weighted by atomic mass is 31.0. The maximum atomic E-state index is 4.14. The zero-order chi connectivity index (χ0) is 14.3. The zero-order valence-electron chi connectivity index (χ0n) is 12.5. The van der Waals surface area contributed by atoms with Gasteiger partial charge in [0.15, 0.2) is 0 Å². The monoisotopic (exact) mass is 280 g/mol. The number of fused-ring (bicyclic) bond motifs is 1. The summed E-state index contributed by atoms with van der Waals surface area (Å²) in [6, 6.07) is 9.32. The quantitative estimate of drug-likeness (QED) is 0.800. The average Bonchev–Trinajstić information content (AvgIpc) is 2.97. The lowest BCUT2D eigenvalue weighted by atomic mass is 9.95. The number of benzene rings is 1. The SMILES string of the molecule is C=c1cc2c([pH]1)=C(C)C=C2c1cc(CC)cc(CC)c1. The van der Waals surface area contributed by atoms with Gasteiger partial charge in [-0.05, 0) is 70.3 Å². The zero-order valence-corrected chi connectivity index (χ0v) is 13.5. The highest BCUT2D eigenvalue weighted by molar-refractivity contribution is 7.28. The molecule has 1 aliphatic rings. The number of hydrogen-bond donors (Lipinski definition) is 0. The van der Waals surface area contributed by atoms with Crippen LogP contribution in [0.1, 0.15) is 43.0 Å². The third-order valence-electron chi connectivity index (χ3n) is 4.10. The third kappa shape index (κ3) is 2.19. The van der Waals surface area contributed by atoms with E-state index < -0.39 is 0 Å². The summed E-state index contributed by atoms with van der Waals surface area (Å²) in [5.41, 5.74) is 8.48. The second-order valence-electron chi connectivity index (χ2n) is 5.57. The molecule has 1 unspecified atom stereocenters. The van der Waals surface area contributed by atoms with Crippen LogP contribution in [-0.2, 0) is 12.8 Å². The summed E-state index contributed by atoms with van der Waals surface area (Å²) in [6.45, 7) is 10.8. The van der Waals surface area contributed by atoms with E-state index in [-0.39, 0.29) is 0 Å². The molecule has 0 aliphatic heterocycles. The van der Waals surface area contributed by atoms with Gasteiger partial charge in [-0.2, -0.15) is 0 Å². The Morgan fingerprint density at radius 3 is 2.25 bits per heavy atom. The minimum absolute atomic E-state index is 0.763. The van der Waals surface area contributed by atoms with Gasteiger partial charge in [0, 0.05) is 4.95 Å². The molecule has 0 N–H and O–H groups in total. The largest absolute Gasteiger partial charge is 0.124 e. The molecule has 1 aromatic carbocycles. The van der Waals surface area contributed by atoms with Crippen molar-refractivity contribution in [3.05, 3.63) is 62.5 Å². The van der Waals surface area contributed by atoms with Gasteiger partial charge in [-0.25, -0.2) is 0 Å². The van der Waals surface area contributed by atoms with Crippen molar-refractivity contribution >= 4 is 25.9 Å². The van der Waals surface area contributed by atoms with Crippen LogP contribution in [0, 0.1) is 0 Å². The number of aryl methyl sites for hydroxylation is 2. The first kappa shape index (κ1) is 13.5. The fourth-order valence-corrected chi connectivity index (χ4v) is 4.11. The maximum absolute atomic E-state index is 4.14. The Kier molecular flexibility index (Phi) is 3.44. The number of rotatable bonds is 3. The third-order valence-corrected chi connectivity index (χ3v) is 5.48. The Bertz CT molecular complexity index is 781. The molecule has 1 atom stereocenters. The minimum Gasteiger partial charge on any atom is -0.124 e. The van der Waals surface area contributed by atoms with Crippen molar-refractivity contribution in [2.45, 2.75) is 33.6 Å². The Labute approximate surface area is 122 Å². The van der Waals surface area contributed by atoms with E-state index >= 15 is 0 Å². The van der Waals surface area contributed by atoms with Crippen molar-refractivity contribution in [2.24, 2.45) is 0 Å². The lowest BCUT2D eigenvalue weighted by molar-refractivity contribution is 1.08. The summed E-state index contributed by atoms with van der Waals surface area (Å²) in [7, 11) is 0.763. The standard InChI is InChI=1S/C19H21P/c1-5-14-9-15(6-2)11-16(10-14)17-7-12(3)19-18(17)8-13(4)20-19/h7-11,20H,4-6H2,1-3H3. The molecule has 1 heteroatoms. The van der Waals surface area contributed by atoms with Crippen molar-refractivity contribution in [1.82, 2.24) is 0 Å². The first-order valence-corrected chi connectivity index (χ1v) is 8.36. The second kappa shape index (κ2) is 5.11. The Morgan fingerprint density at radius 1 is 1.00 bits per heavy atom. The van der Waals surface area contributed by atoms with Crippen LogP contribution in [0.5, 0.6) is 0 Å². The van der Waals surface area contributed by atoms with E-state index in [9.17, 15) is 0 Å². The molecule has 0 spiro atoms. The van der Waals surface area contributed by atoms with Crippen molar-refractivity contribution in [1.29, 1.82) is 0 Å². The molecule has 0 bridgehead atoms. The van der Waals surface area contributed by atoms with E-state index in [0.717, 1.165) is 21.0 Å². The Morgan fingerprint density at radius 2 is 1.65 bits per heavy atom. The Hall–Kier alpha value is -1.52. The van der Waals surface area contributed by atoms with Gasteiger partial charge in [0.25, 0.3) is 0 Å². The molecule has 0 nitrogen and oxygen atoms in total. The van der Waals surface area contributed by atoms with E-state index in [4.69, 9.17) is 0 Å². The normalized spacial score (nSPS) is 13.9. The summed E-state index contributed by atoms with van der Waals surface area (Å²) >= 11 is 0. The fourth-order valence-electron chi connectivity index (χ4n) is 2.97. The molecule has 1 aliphatic carbocycles. The van der Waals surface area contributed by atoms with Crippen LogP contribution in [0.2, 0.25) is 0 Å². The van der Waals surface area contributed by atoms with E-state index in [1.807, 2.05) is 0 Å². The molecule has 0 amide bonds. The number of allylic oxidation sites excluding steroid dienone is 1. The lowest BCUT2D eigenvalue weighted by Crippen LogP contribution is -1.98. The minimum atomic E-state index is 0.763. The second-order valence-corrected chi connectivity index (χ2v) is 6.96. The Balaban J connectivity index is 2.17. The summed E-state index contributed by atoms with van der Waals surface area (Å²) in [5.74, 6) is 0. The van der Waals surface area contributed by atoms with Crippen LogP contribution >= 0.6 is 8.19 Å². The molecule has 2 aromatic rings. The fraction of sp³-hybridized carbons (Fsp3) is 0.263. The van der Waals surface area contributed by atoms with Gasteiger partial charge >= 0.3 is 0 Å². The molecule has 0 saturated heterocycles. The van der Waals surface area contributed by atoms with Gasteiger partial charge in [0.05, 0.1) is 0 Å². The molecule has 20 heavy (non-hydrogen) atoms. The summed E-state index contributed by atoms with van der Waals surface area (Å²) in [5, 5.41) is 0. The molecule has 0 radical (unpaired) electrons. The molecule has 0 fully saturated rings. The first-order chi connectivity index (χ1) is 9.62. The molecule has 1 aromatic heterocycles. The van der Waals surface area contributed by atoms with E-state index in [2.05, 4.69) is 57.7 Å². The van der Waals surface area contributed by atoms with Crippen LogP contribution in [0.4, 0.5) is 0 Å². The molecule has 1 heterocycles. The van der Waals surface area contributed by atoms with E-state index in [1.165, 1.54) is 43.3 Å². The molecule has 3 rings (SSSR count). The van der Waals surface area contributed by atoms with Gasteiger partial charge in [-0.1, -0.05) is 38.6 Å². The smallest absolute Gasteiger partial charge is 0.00231 e. The van der Waals surface area contributed by atoms with Crippen molar-refractivity contribution in [3.8, 4) is 0 Å². The first-order valence-electron chi connectivity index (χ1n) is 7.36.